The molecule has 0 saturated carbocycles. The van der Waals surface area contributed by atoms with Crippen molar-refractivity contribution in [3.63, 3.8) is 0 Å². The zero-order valence-corrected chi connectivity index (χ0v) is 12.1. The van der Waals surface area contributed by atoms with Gasteiger partial charge >= 0.3 is 0 Å². The largest absolute Gasteiger partial charge is 0.354 e. The van der Waals surface area contributed by atoms with Gasteiger partial charge in [-0.05, 0) is 36.1 Å². The van der Waals surface area contributed by atoms with Crippen LogP contribution in [-0.2, 0) is 17.6 Å². The summed E-state index contributed by atoms with van der Waals surface area (Å²) in [4.78, 5) is 11.9. The van der Waals surface area contributed by atoms with Gasteiger partial charge < -0.3 is 11.1 Å². The Hall–Kier alpha value is -2.27. The smallest absolute Gasteiger partial charge is 0.237 e. The van der Waals surface area contributed by atoms with Crippen molar-refractivity contribution in [1.29, 1.82) is 0 Å². The van der Waals surface area contributed by atoms with Crippen LogP contribution >= 0.6 is 0 Å². The summed E-state index contributed by atoms with van der Waals surface area (Å²) in [6.45, 7) is 0.282. The van der Waals surface area contributed by atoms with Gasteiger partial charge in [-0.1, -0.05) is 36.4 Å². The van der Waals surface area contributed by atoms with E-state index < -0.39 is 6.04 Å². The molecule has 1 amide bonds. The summed E-state index contributed by atoms with van der Waals surface area (Å²) >= 11 is 0. The van der Waals surface area contributed by atoms with Gasteiger partial charge in [-0.2, -0.15) is 0 Å². The van der Waals surface area contributed by atoms with Gasteiger partial charge in [0.1, 0.15) is 11.6 Å². The number of carbonyl (C=O) groups excluding carboxylic acids is 1. The minimum Gasteiger partial charge on any atom is -0.354 e. The molecule has 3 N–H and O–H groups in total. The molecule has 0 spiro atoms. The van der Waals surface area contributed by atoms with E-state index in [9.17, 15) is 13.6 Å². The van der Waals surface area contributed by atoms with E-state index in [1.807, 2.05) is 0 Å². The Labute approximate surface area is 128 Å². The van der Waals surface area contributed by atoms with Crippen molar-refractivity contribution in [3.05, 3.63) is 71.3 Å². The lowest BCUT2D eigenvalue weighted by Crippen LogP contribution is -2.42. The second-order valence-electron chi connectivity index (χ2n) is 5.03. The third kappa shape index (κ3) is 4.36. The zero-order valence-electron chi connectivity index (χ0n) is 12.1. The molecule has 1 unspecified atom stereocenters. The summed E-state index contributed by atoms with van der Waals surface area (Å²) in [5.41, 5.74) is 6.71. The highest BCUT2D eigenvalue weighted by atomic mass is 19.1. The molecule has 0 aliphatic rings. The molecule has 0 aliphatic heterocycles. The molecule has 0 fully saturated rings. The molecular weight excluding hydrogens is 286 g/mol. The molecule has 0 radical (unpaired) electrons. The van der Waals surface area contributed by atoms with Crippen LogP contribution in [0, 0.1) is 11.6 Å². The Morgan fingerprint density at radius 2 is 1.55 bits per heavy atom. The predicted octanol–water partition coefficient (Wildman–Crippen LogP) is 2.19. The number of halogens is 2. The molecular formula is C17H18F2N2O. The first-order valence-electron chi connectivity index (χ1n) is 7.08. The van der Waals surface area contributed by atoms with Crippen LogP contribution in [0.25, 0.3) is 0 Å². The van der Waals surface area contributed by atoms with Gasteiger partial charge in [0.05, 0.1) is 6.04 Å². The van der Waals surface area contributed by atoms with Gasteiger partial charge in [-0.3, -0.25) is 4.79 Å². The second-order valence-corrected chi connectivity index (χ2v) is 5.03. The van der Waals surface area contributed by atoms with Crippen LogP contribution < -0.4 is 11.1 Å². The van der Waals surface area contributed by atoms with Gasteiger partial charge in [0.2, 0.25) is 5.91 Å². The van der Waals surface area contributed by atoms with Crippen LogP contribution in [0.15, 0.2) is 48.5 Å². The van der Waals surface area contributed by atoms with Crippen molar-refractivity contribution in [1.82, 2.24) is 5.32 Å². The quantitative estimate of drug-likeness (QED) is 0.859. The molecule has 0 heterocycles. The second kappa shape index (κ2) is 7.66. The summed E-state index contributed by atoms with van der Waals surface area (Å²) in [5, 5.41) is 2.64. The van der Waals surface area contributed by atoms with Crippen LogP contribution in [0.2, 0.25) is 0 Å². The number of hydrogen-bond donors (Lipinski definition) is 2. The molecule has 22 heavy (non-hydrogen) atoms. The van der Waals surface area contributed by atoms with Crippen LogP contribution in [0.5, 0.6) is 0 Å². The Morgan fingerprint density at radius 1 is 1.00 bits per heavy atom. The Morgan fingerprint density at radius 3 is 2.14 bits per heavy atom. The third-order valence-corrected chi connectivity index (χ3v) is 3.39. The Balaban J connectivity index is 1.82. The summed E-state index contributed by atoms with van der Waals surface area (Å²) < 4.78 is 26.9. The molecule has 0 aromatic heterocycles. The molecule has 0 saturated heterocycles. The van der Waals surface area contributed by atoms with Gasteiger partial charge in [-0.15, -0.1) is 0 Å². The molecule has 0 aliphatic carbocycles. The number of hydrogen-bond acceptors (Lipinski definition) is 2. The third-order valence-electron chi connectivity index (χ3n) is 3.39. The highest BCUT2D eigenvalue weighted by Gasteiger charge is 2.15. The number of nitrogens with two attached hydrogens (primary N) is 1. The summed E-state index contributed by atoms with van der Waals surface area (Å²) in [6, 6.07) is 11.8. The highest BCUT2D eigenvalue weighted by molar-refractivity contribution is 5.81. The van der Waals surface area contributed by atoms with Crippen molar-refractivity contribution < 1.29 is 13.6 Å². The van der Waals surface area contributed by atoms with Crippen LogP contribution in [0.1, 0.15) is 11.1 Å². The van der Waals surface area contributed by atoms with Crippen LogP contribution in [0.3, 0.4) is 0 Å². The standard InChI is InChI=1S/C17H18F2N2O/c18-14-7-3-1-5-12(14)9-10-21-17(22)16(20)11-13-6-2-4-8-15(13)19/h1-8,16H,9-11,20H2,(H,21,22). The lowest BCUT2D eigenvalue weighted by molar-refractivity contribution is -0.122. The van der Waals surface area contributed by atoms with E-state index in [1.165, 1.54) is 12.1 Å². The normalized spacial score (nSPS) is 12.0. The average Bonchev–Trinajstić information content (AvgIpc) is 2.51. The van der Waals surface area contributed by atoms with E-state index >= 15 is 0 Å². The van der Waals surface area contributed by atoms with E-state index in [4.69, 9.17) is 5.73 Å². The molecule has 5 heteroatoms. The summed E-state index contributed by atoms with van der Waals surface area (Å²) in [6.07, 6.45) is 0.503. The van der Waals surface area contributed by atoms with Crippen LogP contribution in [0.4, 0.5) is 8.78 Å². The van der Waals surface area contributed by atoms with Crippen molar-refractivity contribution in [3.8, 4) is 0 Å². The fourth-order valence-electron chi connectivity index (χ4n) is 2.15. The van der Waals surface area contributed by atoms with E-state index in [-0.39, 0.29) is 30.5 Å². The SMILES string of the molecule is NC(Cc1ccccc1F)C(=O)NCCc1ccccc1F. The van der Waals surface area contributed by atoms with E-state index in [0.717, 1.165) is 0 Å². The Kier molecular flexibility index (Phi) is 5.61. The van der Waals surface area contributed by atoms with Gasteiger partial charge in [0.25, 0.3) is 0 Å². The van der Waals surface area contributed by atoms with Gasteiger partial charge in [0, 0.05) is 6.54 Å². The van der Waals surface area contributed by atoms with Crippen molar-refractivity contribution in [2.45, 2.75) is 18.9 Å². The number of rotatable bonds is 6. The van der Waals surface area contributed by atoms with Gasteiger partial charge in [0.15, 0.2) is 0 Å². The van der Waals surface area contributed by atoms with E-state index in [0.29, 0.717) is 17.5 Å². The maximum Gasteiger partial charge on any atom is 0.237 e. The average molecular weight is 304 g/mol. The lowest BCUT2D eigenvalue weighted by Gasteiger charge is -2.13. The molecule has 2 aromatic carbocycles. The molecule has 0 bridgehead atoms. The Bertz CT molecular complexity index is 646. The zero-order chi connectivity index (χ0) is 15.9. The van der Waals surface area contributed by atoms with E-state index in [2.05, 4.69) is 5.32 Å². The first kappa shape index (κ1) is 16.1. The number of amides is 1. The minimum absolute atomic E-state index is 0.123. The van der Waals surface area contributed by atoms with Crippen molar-refractivity contribution >= 4 is 5.91 Å². The predicted molar refractivity (Wildman–Crippen MR) is 81.2 cm³/mol. The fraction of sp³-hybridized carbons (Fsp3) is 0.235. The van der Waals surface area contributed by atoms with Crippen molar-refractivity contribution in [2.24, 2.45) is 5.73 Å². The maximum atomic E-state index is 13.5. The highest BCUT2D eigenvalue weighted by Crippen LogP contribution is 2.09. The minimum atomic E-state index is -0.836. The maximum absolute atomic E-state index is 13.5. The molecule has 2 rings (SSSR count). The summed E-state index contributed by atoms with van der Waals surface area (Å²) in [5.74, 6) is -1.05. The monoisotopic (exact) mass is 304 g/mol. The van der Waals surface area contributed by atoms with Crippen LogP contribution in [-0.4, -0.2) is 18.5 Å². The van der Waals surface area contributed by atoms with Gasteiger partial charge in [-0.25, -0.2) is 8.78 Å². The summed E-state index contributed by atoms with van der Waals surface area (Å²) in [7, 11) is 0. The first-order chi connectivity index (χ1) is 10.6. The first-order valence-corrected chi connectivity index (χ1v) is 7.08. The fourth-order valence-corrected chi connectivity index (χ4v) is 2.15. The number of nitrogens with one attached hydrogen (secondary N) is 1. The molecule has 116 valence electrons. The number of carbonyl (C=O) groups is 1. The lowest BCUT2D eigenvalue weighted by atomic mass is 10.1. The van der Waals surface area contributed by atoms with E-state index in [1.54, 1.807) is 36.4 Å². The number of benzene rings is 2. The topological polar surface area (TPSA) is 55.1 Å². The molecule has 2 aromatic rings. The molecule has 3 nitrogen and oxygen atoms in total. The molecule has 1 atom stereocenters. The van der Waals surface area contributed by atoms with Crippen molar-refractivity contribution in [2.75, 3.05) is 6.54 Å².